The second-order valence-electron chi connectivity index (χ2n) is 4.13. The van der Waals surface area contributed by atoms with Gasteiger partial charge in [0.15, 0.2) is 0 Å². The van der Waals surface area contributed by atoms with Crippen LogP contribution < -0.4 is 5.32 Å². The van der Waals surface area contributed by atoms with Crippen molar-refractivity contribution in [1.82, 2.24) is 20.4 Å². The molecule has 0 amide bonds. The fourth-order valence-electron chi connectivity index (χ4n) is 2.02. The molecular formula is C11H20N4. The Morgan fingerprint density at radius 1 is 1.33 bits per heavy atom. The molecule has 84 valence electrons. The molecule has 0 aromatic carbocycles. The second-order valence-corrected chi connectivity index (χ2v) is 4.13. The predicted octanol–water partition coefficient (Wildman–Crippen LogP) is 0.638. The van der Waals surface area contributed by atoms with E-state index >= 15 is 0 Å². The molecule has 0 radical (unpaired) electrons. The van der Waals surface area contributed by atoms with Gasteiger partial charge in [0.2, 0.25) is 0 Å². The summed E-state index contributed by atoms with van der Waals surface area (Å²) < 4.78 is 0. The van der Waals surface area contributed by atoms with Crippen molar-refractivity contribution in [1.29, 1.82) is 0 Å². The Morgan fingerprint density at radius 3 is 2.93 bits per heavy atom. The van der Waals surface area contributed by atoms with Gasteiger partial charge in [0.1, 0.15) is 0 Å². The second kappa shape index (κ2) is 5.88. The van der Waals surface area contributed by atoms with E-state index in [1.54, 1.807) is 6.20 Å². The number of aromatic nitrogens is 2. The third-order valence-corrected chi connectivity index (χ3v) is 2.93. The average molecular weight is 208 g/mol. The minimum Gasteiger partial charge on any atom is -0.315 e. The van der Waals surface area contributed by atoms with Crippen LogP contribution in [0, 0.1) is 0 Å². The number of hydrogen-bond acceptors (Lipinski definition) is 3. The zero-order chi connectivity index (χ0) is 10.3. The average Bonchev–Trinajstić information content (AvgIpc) is 2.88. The largest absolute Gasteiger partial charge is 0.315 e. The molecule has 4 nitrogen and oxygen atoms in total. The predicted molar refractivity (Wildman–Crippen MR) is 60.8 cm³/mol. The van der Waals surface area contributed by atoms with Crippen molar-refractivity contribution < 1.29 is 0 Å². The van der Waals surface area contributed by atoms with E-state index in [1.165, 1.54) is 38.2 Å². The molecule has 0 spiro atoms. The van der Waals surface area contributed by atoms with Gasteiger partial charge >= 0.3 is 0 Å². The molecule has 2 heterocycles. The molecule has 1 aliphatic rings. The lowest BCUT2D eigenvalue weighted by Gasteiger charge is -2.14. The molecule has 1 fully saturated rings. The van der Waals surface area contributed by atoms with E-state index in [-0.39, 0.29) is 0 Å². The first-order chi connectivity index (χ1) is 7.45. The highest BCUT2D eigenvalue weighted by Crippen LogP contribution is 2.05. The Bertz CT molecular complexity index is 252. The van der Waals surface area contributed by atoms with Gasteiger partial charge in [0.25, 0.3) is 0 Å². The summed E-state index contributed by atoms with van der Waals surface area (Å²) in [6, 6.07) is 2.03. The fourth-order valence-corrected chi connectivity index (χ4v) is 2.02. The molecule has 0 aliphatic carbocycles. The van der Waals surface area contributed by atoms with Gasteiger partial charge in [0, 0.05) is 37.9 Å². The van der Waals surface area contributed by atoms with Crippen LogP contribution in [0.25, 0.3) is 0 Å². The van der Waals surface area contributed by atoms with Gasteiger partial charge < -0.3 is 10.2 Å². The van der Waals surface area contributed by atoms with Gasteiger partial charge in [-0.3, -0.25) is 5.10 Å². The summed E-state index contributed by atoms with van der Waals surface area (Å²) in [4.78, 5) is 2.53. The number of nitrogens with one attached hydrogen (secondary N) is 2. The fraction of sp³-hybridized carbons (Fsp3) is 0.727. The van der Waals surface area contributed by atoms with E-state index in [1.807, 2.05) is 6.07 Å². The molecule has 15 heavy (non-hydrogen) atoms. The first-order valence-corrected chi connectivity index (χ1v) is 5.86. The van der Waals surface area contributed by atoms with Gasteiger partial charge in [-0.05, 0) is 32.0 Å². The SMILES string of the molecule is c1cc(CCNCCN2CCCC2)[nH]n1. The van der Waals surface area contributed by atoms with Crippen molar-refractivity contribution in [3.8, 4) is 0 Å². The third-order valence-electron chi connectivity index (χ3n) is 2.93. The summed E-state index contributed by atoms with van der Waals surface area (Å²) in [7, 11) is 0. The molecule has 0 unspecified atom stereocenters. The number of H-pyrrole nitrogens is 1. The van der Waals surface area contributed by atoms with Crippen LogP contribution >= 0.6 is 0 Å². The first-order valence-electron chi connectivity index (χ1n) is 5.86. The van der Waals surface area contributed by atoms with Gasteiger partial charge in [0.05, 0.1) is 0 Å². The minimum atomic E-state index is 1.04. The number of nitrogens with zero attached hydrogens (tertiary/aromatic N) is 2. The normalized spacial score (nSPS) is 17.3. The maximum atomic E-state index is 3.92. The van der Waals surface area contributed by atoms with Crippen molar-refractivity contribution in [3.63, 3.8) is 0 Å². The third kappa shape index (κ3) is 3.64. The zero-order valence-corrected chi connectivity index (χ0v) is 9.21. The molecule has 0 atom stereocenters. The maximum absolute atomic E-state index is 3.92. The van der Waals surface area contributed by atoms with Crippen LogP contribution in [0.1, 0.15) is 18.5 Å². The molecule has 0 saturated carbocycles. The van der Waals surface area contributed by atoms with Crippen molar-refractivity contribution in [3.05, 3.63) is 18.0 Å². The lowest BCUT2D eigenvalue weighted by molar-refractivity contribution is 0.336. The zero-order valence-electron chi connectivity index (χ0n) is 9.21. The summed E-state index contributed by atoms with van der Waals surface area (Å²) in [5.74, 6) is 0. The van der Waals surface area contributed by atoms with Crippen LogP contribution in [0.2, 0.25) is 0 Å². The van der Waals surface area contributed by atoms with Crippen molar-refractivity contribution in [2.24, 2.45) is 0 Å². The summed E-state index contributed by atoms with van der Waals surface area (Å²) in [5.41, 5.74) is 1.21. The topological polar surface area (TPSA) is 44.0 Å². The van der Waals surface area contributed by atoms with Gasteiger partial charge in [-0.15, -0.1) is 0 Å². The number of aromatic amines is 1. The number of hydrogen-bond donors (Lipinski definition) is 2. The van der Waals surface area contributed by atoms with Crippen molar-refractivity contribution >= 4 is 0 Å². The minimum absolute atomic E-state index is 1.04. The van der Waals surface area contributed by atoms with Crippen LogP contribution in [-0.4, -0.2) is 47.8 Å². The highest BCUT2D eigenvalue weighted by atomic mass is 15.1. The maximum Gasteiger partial charge on any atom is 0.0490 e. The summed E-state index contributed by atoms with van der Waals surface area (Å²) in [5, 5.41) is 10.4. The first kappa shape index (κ1) is 10.6. The van der Waals surface area contributed by atoms with E-state index in [4.69, 9.17) is 0 Å². The molecule has 4 heteroatoms. The van der Waals surface area contributed by atoms with Gasteiger partial charge in [-0.25, -0.2) is 0 Å². The molecule has 1 aromatic heterocycles. The Kier molecular flexibility index (Phi) is 4.17. The number of likely N-dealkylation sites (tertiary alicyclic amines) is 1. The van der Waals surface area contributed by atoms with E-state index in [9.17, 15) is 0 Å². The van der Waals surface area contributed by atoms with Crippen LogP contribution in [0.5, 0.6) is 0 Å². The molecule has 1 saturated heterocycles. The van der Waals surface area contributed by atoms with Crippen molar-refractivity contribution in [2.45, 2.75) is 19.3 Å². The van der Waals surface area contributed by atoms with Crippen molar-refractivity contribution in [2.75, 3.05) is 32.7 Å². The highest BCUT2D eigenvalue weighted by molar-refractivity contribution is 4.97. The quantitative estimate of drug-likeness (QED) is 0.674. The van der Waals surface area contributed by atoms with Gasteiger partial charge in [-0.1, -0.05) is 0 Å². The highest BCUT2D eigenvalue weighted by Gasteiger charge is 2.09. The smallest absolute Gasteiger partial charge is 0.0490 e. The number of rotatable bonds is 6. The molecule has 2 N–H and O–H groups in total. The Labute approximate surface area is 91.1 Å². The Hall–Kier alpha value is -0.870. The van der Waals surface area contributed by atoms with E-state index in [2.05, 4.69) is 20.4 Å². The Morgan fingerprint density at radius 2 is 2.20 bits per heavy atom. The van der Waals surface area contributed by atoms with Gasteiger partial charge in [-0.2, -0.15) is 5.10 Å². The molecule has 2 rings (SSSR count). The van der Waals surface area contributed by atoms with Crippen LogP contribution in [0.4, 0.5) is 0 Å². The summed E-state index contributed by atoms with van der Waals surface area (Å²) >= 11 is 0. The lowest BCUT2D eigenvalue weighted by Crippen LogP contribution is -2.30. The van der Waals surface area contributed by atoms with Crippen LogP contribution in [-0.2, 0) is 6.42 Å². The summed E-state index contributed by atoms with van der Waals surface area (Å²) in [6.45, 7) is 5.93. The standard InChI is InChI=1S/C11H20N4/c1-2-9-15(8-1)10-7-12-5-3-11-4-6-13-14-11/h4,6,12H,1-3,5,7-10H2,(H,13,14). The molecular weight excluding hydrogens is 188 g/mol. The van der Waals surface area contributed by atoms with Crippen LogP contribution in [0.15, 0.2) is 12.3 Å². The molecule has 1 aromatic rings. The monoisotopic (exact) mass is 208 g/mol. The molecule has 0 bridgehead atoms. The molecule has 1 aliphatic heterocycles. The van der Waals surface area contributed by atoms with E-state index < -0.39 is 0 Å². The van der Waals surface area contributed by atoms with Crippen LogP contribution in [0.3, 0.4) is 0 Å². The van der Waals surface area contributed by atoms with E-state index in [0.717, 1.165) is 19.5 Å². The van der Waals surface area contributed by atoms with E-state index in [0.29, 0.717) is 0 Å². The lowest BCUT2D eigenvalue weighted by atomic mass is 10.3. The Balaban J connectivity index is 1.48. The summed E-state index contributed by atoms with van der Waals surface area (Å²) in [6.07, 6.45) is 5.61.